The van der Waals surface area contributed by atoms with Gasteiger partial charge in [-0.15, -0.1) is 0 Å². The average Bonchev–Trinajstić information content (AvgIpc) is 2.66. The Morgan fingerprint density at radius 1 is 1.38 bits per heavy atom. The fourth-order valence-electron chi connectivity index (χ4n) is 1.51. The smallest absolute Gasteiger partial charge is 0.309 e. The molecule has 1 aromatic carbocycles. The molecule has 2 aromatic rings. The molecule has 1 heterocycles. The van der Waals surface area contributed by atoms with Crippen molar-refractivity contribution in [3.8, 4) is 11.1 Å². The number of aliphatic carboxylic acids is 1. The highest BCUT2D eigenvalue weighted by Crippen LogP contribution is 2.29. The van der Waals surface area contributed by atoms with E-state index in [4.69, 9.17) is 16.7 Å². The van der Waals surface area contributed by atoms with Crippen molar-refractivity contribution in [1.29, 1.82) is 0 Å². The second-order valence-corrected chi connectivity index (χ2v) is 3.72. The molecule has 2 rings (SSSR count). The zero-order chi connectivity index (χ0) is 11.5. The summed E-state index contributed by atoms with van der Waals surface area (Å²) in [6.45, 7) is 0. The monoisotopic (exact) mass is 236 g/mol. The van der Waals surface area contributed by atoms with E-state index in [2.05, 4.69) is 10.2 Å². The summed E-state index contributed by atoms with van der Waals surface area (Å²) in [6, 6.07) is 7.26. The van der Waals surface area contributed by atoms with E-state index in [1.54, 1.807) is 12.3 Å². The number of hydrogen-bond donors (Lipinski definition) is 2. The van der Waals surface area contributed by atoms with E-state index in [-0.39, 0.29) is 6.42 Å². The quantitative estimate of drug-likeness (QED) is 0.860. The number of carboxylic acid groups (broad SMARTS) is 1. The van der Waals surface area contributed by atoms with E-state index in [0.717, 1.165) is 11.1 Å². The number of aromatic nitrogens is 2. The van der Waals surface area contributed by atoms with Gasteiger partial charge in [-0.05, 0) is 6.07 Å². The summed E-state index contributed by atoms with van der Waals surface area (Å²) in [7, 11) is 0. The molecule has 1 aromatic heterocycles. The van der Waals surface area contributed by atoms with Crippen LogP contribution in [0.3, 0.4) is 0 Å². The SMILES string of the molecule is O=C(O)Cc1[nH]ncc1-c1ccccc1Cl. The summed E-state index contributed by atoms with van der Waals surface area (Å²) in [5.74, 6) is -0.905. The molecule has 0 fully saturated rings. The Morgan fingerprint density at radius 3 is 2.81 bits per heavy atom. The number of halogens is 1. The minimum atomic E-state index is -0.905. The van der Waals surface area contributed by atoms with Gasteiger partial charge in [0.25, 0.3) is 0 Å². The molecule has 0 aliphatic heterocycles. The maximum Gasteiger partial charge on any atom is 0.309 e. The zero-order valence-corrected chi connectivity index (χ0v) is 9.03. The van der Waals surface area contributed by atoms with Crippen molar-refractivity contribution >= 4 is 17.6 Å². The van der Waals surface area contributed by atoms with Gasteiger partial charge in [-0.3, -0.25) is 9.89 Å². The lowest BCUT2D eigenvalue weighted by molar-refractivity contribution is -0.136. The standard InChI is InChI=1S/C11H9ClN2O2/c12-9-4-2-1-3-7(9)8-6-13-14-10(8)5-11(15)16/h1-4,6H,5H2,(H,13,14)(H,15,16). The highest BCUT2D eigenvalue weighted by atomic mass is 35.5. The normalized spacial score (nSPS) is 10.3. The molecule has 0 atom stereocenters. The van der Waals surface area contributed by atoms with Gasteiger partial charge in [0.1, 0.15) is 0 Å². The first-order valence-corrected chi connectivity index (χ1v) is 5.05. The number of rotatable bonds is 3. The number of hydrogen-bond acceptors (Lipinski definition) is 2. The number of carboxylic acids is 1. The molecule has 2 N–H and O–H groups in total. The molecule has 4 nitrogen and oxygen atoms in total. The number of H-pyrrole nitrogens is 1. The molecular formula is C11H9ClN2O2. The topological polar surface area (TPSA) is 66.0 Å². The Kier molecular flexibility index (Phi) is 2.92. The lowest BCUT2D eigenvalue weighted by atomic mass is 10.1. The van der Waals surface area contributed by atoms with E-state index in [1.165, 1.54) is 0 Å². The molecule has 0 aliphatic carbocycles. The first kappa shape index (κ1) is 10.7. The van der Waals surface area contributed by atoms with Crippen molar-refractivity contribution in [2.45, 2.75) is 6.42 Å². The van der Waals surface area contributed by atoms with Gasteiger partial charge in [0.05, 0.1) is 18.3 Å². The third kappa shape index (κ3) is 2.06. The molecule has 0 saturated carbocycles. The van der Waals surface area contributed by atoms with Crippen LogP contribution in [0.4, 0.5) is 0 Å². The predicted molar refractivity (Wildman–Crippen MR) is 60.4 cm³/mol. The van der Waals surface area contributed by atoms with E-state index in [9.17, 15) is 4.79 Å². The Labute approximate surface area is 96.9 Å². The first-order valence-electron chi connectivity index (χ1n) is 4.67. The maximum absolute atomic E-state index is 10.7. The largest absolute Gasteiger partial charge is 0.481 e. The minimum Gasteiger partial charge on any atom is -0.481 e. The summed E-state index contributed by atoms with van der Waals surface area (Å²) in [5, 5.41) is 15.8. The van der Waals surface area contributed by atoms with Gasteiger partial charge in [0.2, 0.25) is 0 Å². The van der Waals surface area contributed by atoms with Crippen LogP contribution in [0.1, 0.15) is 5.69 Å². The third-order valence-corrected chi connectivity index (χ3v) is 2.54. The van der Waals surface area contributed by atoms with Crippen LogP contribution in [0.5, 0.6) is 0 Å². The van der Waals surface area contributed by atoms with Crippen molar-refractivity contribution in [1.82, 2.24) is 10.2 Å². The van der Waals surface area contributed by atoms with Crippen LogP contribution < -0.4 is 0 Å². The Hall–Kier alpha value is -1.81. The van der Waals surface area contributed by atoms with Crippen LogP contribution in [0.2, 0.25) is 5.02 Å². The summed E-state index contributed by atoms with van der Waals surface area (Å²) in [6.07, 6.45) is 1.49. The average molecular weight is 237 g/mol. The summed E-state index contributed by atoms with van der Waals surface area (Å²) < 4.78 is 0. The lowest BCUT2D eigenvalue weighted by Gasteiger charge is -2.03. The first-order chi connectivity index (χ1) is 7.68. The van der Waals surface area contributed by atoms with E-state index in [1.807, 2.05) is 18.2 Å². The Bertz CT molecular complexity index is 522. The number of nitrogens with one attached hydrogen (secondary N) is 1. The second-order valence-electron chi connectivity index (χ2n) is 3.31. The van der Waals surface area contributed by atoms with E-state index >= 15 is 0 Å². The lowest BCUT2D eigenvalue weighted by Crippen LogP contribution is -2.01. The Morgan fingerprint density at radius 2 is 2.12 bits per heavy atom. The van der Waals surface area contributed by atoms with Crippen LogP contribution in [-0.4, -0.2) is 21.3 Å². The van der Waals surface area contributed by atoms with Gasteiger partial charge in [0, 0.05) is 16.1 Å². The molecule has 5 heteroatoms. The van der Waals surface area contributed by atoms with Gasteiger partial charge in [0.15, 0.2) is 0 Å². The maximum atomic E-state index is 10.7. The minimum absolute atomic E-state index is 0.0967. The van der Waals surface area contributed by atoms with Gasteiger partial charge in [-0.1, -0.05) is 29.8 Å². The summed E-state index contributed by atoms with van der Waals surface area (Å²) in [4.78, 5) is 10.7. The molecule has 0 spiro atoms. The van der Waals surface area contributed by atoms with Crippen LogP contribution in [0, 0.1) is 0 Å². The van der Waals surface area contributed by atoms with Crippen LogP contribution in [0.25, 0.3) is 11.1 Å². The van der Waals surface area contributed by atoms with Crippen molar-refractivity contribution in [2.75, 3.05) is 0 Å². The van der Waals surface area contributed by atoms with Gasteiger partial charge in [-0.25, -0.2) is 0 Å². The molecule has 0 bridgehead atoms. The predicted octanol–water partition coefficient (Wildman–Crippen LogP) is 2.36. The van der Waals surface area contributed by atoms with Crippen LogP contribution >= 0.6 is 11.6 Å². The van der Waals surface area contributed by atoms with Crippen LogP contribution in [-0.2, 0) is 11.2 Å². The third-order valence-electron chi connectivity index (χ3n) is 2.21. The molecule has 0 saturated heterocycles. The highest BCUT2D eigenvalue weighted by Gasteiger charge is 2.12. The zero-order valence-electron chi connectivity index (χ0n) is 8.27. The van der Waals surface area contributed by atoms with Crippen molar-refractivity contribution in [2.24, 2.45) is 0 Å². The van der Waals surface area contributed by atoms with Crippen molar-refractivity contribution < 1.29 is 9.90 Å². The van der Waals surface area contributed by atoms with E-state index < -0.39 is 5.97 Å². The summed E-state index contributed by atoms with van der Waals surface area (Å²) >= 11 is 6.04. The molecule has 0 aliphatic rings. The highest BCUT2D eigenvalue weighted by molar-refractivity contribution is 6.33. The number of aromatic amines is 1. The number of benzene rings is 1. The number of nitrogens with zero attached hydrogens (tertiary/aromatic N) is 1. The van der Waals surface area contributed by atoms with Crippen molar-refractivity contribution in [3.05, 3.63) is 41.2 Å². The van der Waals surface area contributed by atoms with Gasteiger partial charge in [-0.2, -0.15) is 5.10 Å². The number of carbonyl (C=O) groups is 1. The van der Waals surface area contributed by atoms with Crippen molar-refractivity contribution in [3.63, 3.8) is 0 Å². The molecule has 16 heavy (non-hydrogen) atoms. The van der Waals surface area contributed by atoms with E-state index in [0.29, 0.717) is 10.7 Å². The molecule has 0 unspecified atom stereocenters. The molecule has 82 valence electrons. The summed E-state index contributed by atoms with van der Waals surface area (Å²) in [5.41, 5.74) is 2.07. The molecular weight excluding hydrogens is 228 g/mol. The second kappa shape index (κ2) is 4.37. The van der Waals surface area contributed by atoms with Crippen LogP contribution in [0.15, 0.2) is 30.5 Å². The van der Waals surface area contributed by atoms with Gasteiger partial charge < -0.3 is 5.11 Å². The molecule has 0 amide bonds. The fraction of sp³-hybridized carbons (Fsp3) is 0.0909. The molecule has 0 radical (unpaired) electrons. The Balaban J connectivity index is 2.45. The fourth-order valence-corrected chi connectivity index (χ4v) is 1.75. The van der Waals surface area contributed by atoms with Gasteiger partial charge >= 0.3 is 5.97 Å².